The molecule has 0 bridgehead atoms. The van der Waals surface area contributed by atoms with Crippen molar-refractivity contribution in [2.75, 3.05) is 0 Å². The van der Waals surface area contributed by atoms with E-state index in [1.807, 2.05) is 0 Å². The van der Waals surface area contributed by atoms with Crippen molar-refractivity contribution < 1.29 is 14.1 Å². The molecule has 0 unspecified atom stereocenters. The Morgan fingerprint density at radius 1 is 1.19 bits per heavy atom. The van der Waals surface area contributed by atoms with E-state index >= 15 is 0 Å². The standard InChI is InChI=1S/C15H13FN2O3/c16-13-7-3-2-6-12(13)14(17-10-19)9-11-5-1-4-8-15(11)18(20)21/h1-8,10,14H,9H2,(H,17,19)/t14-/m0/s1. The van der Waals surface area contributed by atoms with Crippen molar-refractivity contribution in [2.45, 2.75) is 12.5 Å². The number of hydrogen-bond donors (Lipinski definition) is 1. The van der Waals surface area contributed by atoms with E-state index in [2.05, 4.69) is 5.32 Å². The molecule has 0 radical (unpaired) electrons. The van der Waals surface area contributed by atoms with Crippen LogP contribution in [0.5, 0.6) is 0 Å². The molecule has 0 saturated carbocycles. The normalized spacial score (nSPS) is 11.7. The number of para-hydroxylation sites is 1. The number of nitro groups is 1. The molecule has 1 N–H and O–H groups in total. The zero-order chi connectivity index (χ0) is 15.2. The molecule has 0 aromatic heterocycles. The maximum absolute atomic E-state index is 13.8. The van der Waals surface area contributed by atoms with Crippen molar-refractivity contribution in [3.63, 3.8) is 0 Å². The topological polar surface area (TPSA) is 72.2 Å². The van der Waals surface area contributed by atoms with Gasteiger partial charge in [-0.1, -0.05) is 36.4 Å². The van der Waals surface area contributed by atoms with Gasteiger partial charge in [0.2, 0.25) is 6.41 Å². The maximum atomic E-state index is 13.8. The van der Waals surface area contributed by atoms with Crippen molar-refractivity contribution in [3.8, 4) is 0 Å². The fourth-order valence-corrected chi connectivity index (χ4v) is 2.18. The Bertz CT molecular complexity index is 661. The van der Waals surface area contributed by atoms with Gasteiger partial charge >= 0.3 is 0 Å². The minimum atomic E-state index is -0.662. The first-order valence-corrected chi connectivity index (χ1v) is 6.30. The van der Waals surface area contributed by atoms with E-state index in [0.717, 1.165) is 0 Å². The zero-order valence-electron chi connectivity index (χ0n) is 11.0. The number of nitro benzene ring substituents is 1. The van der Waals surface area contributed by atoms with E-state index in [4.69, 9.17) is 0 Å². The first kappa shape index (κ1) is 14.6. The van der Waals surface area contributed by atoms with Crippen molar-refractivity contribution in [2.24, 2.45) is 0 Å². The molecule has 0 spiro atoms. The number of carbonyl (C=O) groups is 1. The molecule has 6 heteroatoms. The third-order valence-electron chi connectivity index (χ3n) is 3.16. The fourth-order valence-electron chi connectivity index (χ4n) is 2.18. The number of halogens is 1. The number of nitrogens with one attached hydrogen (secondary N) is 1. The van der Waals surface area contributed by atoms with Gasteiger partial charge in [0.05, 0.1) is 11.0 Å². The summed E-state index contributed by atoms with van der Waals surface area (Å²) in [7, 11) is 0. The van der Waals surface area contributed by atoms with E-state index in [0.29, 0.717) is 17.5 Å². The largest absolute Gasteiger partial charge is 0.351 e. The molecule has 0 aliphatic carbocycles. The van der Waals surface area contributed by atoms with Crippen LogP contribution in [0.15, 0.2) is 48.5 Å². The fraction of sp³-hybridized carbons (Fsp3) is 0.133. The molecular formula is C15H13FN2O3. The van der Waals surface area contributed by atoms with Crippen LogP contribution in [0.2, 0.25) is 0 Å². The molecule has 1 atom stereocenters. The summed E-state index contributed by atoms with van der Waals surface area (Å²) in [5.74, 6) is -0.463. The average molecular weight is 288 g/mol. The Labute approximate surface area is 120 Å². The summed E-state index contributed by atoms with van der Waals surface area (Å²) in [6.07, 6.45) is 0.600. The van der Waals surface area contributed by atoms with Gasteiger partial charge in [0.15, 0.2) is 0 Å². The molecule has 2 aromatic rings. The molecule has 0 saturated heterocycles. The molecule has 0 fully saturated rings. The van der Waals surface area contributed by atoms with Crippen LogP contribution in [0, 0.1) is 15.9 Å². The smallest absolute Gasteiger partial charge is 0.272 e. The van der Waals surface area contributed by atoms with Gasteiger partial charge in [0.25, 0.3) is 5.69 Å². The SMILES string of the molecule is O=CN[C@@H](Cc1ccccc1[N+](=O)[O-])c1ccccc1F. The Morgan fingerprint density at radius 2 is 1.86 bits per heavy atom. The van der Waals surface area contributed by atoms with E-state index in [1.54, 1.807) is 36.4 Å². The van der Waals surface area contributed by atoms with Crippen molar-refractivity contribution in [1.82, 2.24) is 5.32 Å². The third kappa shape index (κ3) is 3.42. The number of rotatable bonds is 6. The molecule has 0 aliphatic heterocycles. The highest BCUT2D eigenvalue weighted by molar-refractivity contribution is 5.49. The molecule has 5 nitrogen and oxygen atoms in total. The van der Waals surface area contributed by atoms with Crippen LogP contribution in [0.1, 0.15) is 17.2 Å². The van der Waals surface area contributed by atoms with Crippen LogP contribution in [0.3, 0.4) is 0 Å². The molecule has 0 heterocycles. The van der Waals surface area contributed by atoms with Gasteiger partial charge in [0.1, 0.15) is 5.82 Å². The van der Waals surface area contributed by atoms with Crippen LogP contribution >= 0.6 is 0 Å². The van der Waals surface area contributed by atoms with Crippen LogP contribution in [0.25, 0.3) is 0 Å². The van der Waals surface area contributed by atoms with Crippen LogP contribution in [-0.2, 0) is 11.2 Å². The highest BCUT2D eigenvalue weighted by atomic mass is 19.1. The van der Waals surface area contributed by atoms with Crippen molar-refractivity contribution in [1.29, 1.82) is 0 Å². The van der Waals surface area contributed by atoms with Gasteiger partial charge in [-0.2, -0.15) is 0 Å². The summed E-state index contributed by atoms with van der Waals surface area (Å²) in [6, 6.07) is 11.6. The van der Waals surface area contributed by atoms with Gasteiger partial charge in [0, 0.05) is 23.6 Å². The van der Waals surface area contributed by atoms with Gasteiger partial charge in [-0.15, -0.1) is 0 Å². The van der Waals surface area contributed by atoms with E-state index in [1.165, 1.54) is 12.1 Å². The summed E-state index contributed by atoms with van der Waals surface area (Å²) in [4.78, 5) is 21.3. The maximum Gasteiger partial charge on any atom is 0.272 e. The molecule has 108 valence electrons. The predicted octanol–water partition coefficient (Wildman–Crippen LogP) is 2.76. The summed E-state index contributed by atoms with van der Waals surface area (Å²) in [5.41, 5.74) is 0.680. The van der Waals surface area contributed by atoms with E-state index in [9.17, 15) is 19.3 Å². The van der Waals surface area contributed by atoms with Gasteiger partial charge < -0.3 is 5.32 Å². The first-order valence-electron chi connectivity index (χ1n) is 6.30. The third-order valence-corrected chi connectivity index (χ3v) is 3.16. The highest BCUT2D eigenvalue weighted by Gasteiger charge is 2.20. The summed E-state index contributed by atoms with van der Waals surface area (Å²) in [6.45, 7) is 0. The van der Waals surface area contributed by atoms with Crippen LogP contribution in [-0.4, -0.2) is 11.3 Å². The van der Waals surface area contributed by atoms with E-state index in [-0.39, 0.29) is 12.1 Å². The number of nitrogens with zero attached hydrogens (tertiary/aromatic N) is 1. The average Bonchev–Trinajstić information content (AvgIpc) is 2.48. The number of carbonyl (C=O) groups excluding carboxylic acids is 1. The Hall–Kier alpha value is -2.76. The second kappa shape index (κ2) is 6.60. The Morgan fingerprint density at radius 3 is 2.52 bits per heavy atom. The molecule has 0 aliphatic rings. The number of benzene rings is 2. The monoisotopic (exact) mass is 288 g/mol. The summed E-state index contributed by atoms with van der Waals surface area (Å²) < 4.78 is 13.8. The highest BCUT2D eigenvalue weighted by Crippen LogP contribution is 2.26. The second-order valence-electron chi connectivity index (χ2n) is 4.45. The zero-order valence-corrected chi connectivity index (χ0v) is 11.0. The number of amides is 1. The van der Waals surface area contributed by atoms with E-state index < -0.39 is 16.8 Å². The molecule has 2 aromatic carbocycles. The minimum Gasteiger partial charge on any atom is -0.351 e. The first-order chi connectivity index (χ1) is 10.1. The Kier molecular flexibility index (Phi) is 4.61. The lowest BCUT2D eigenvalue weighted by Gasteiger charge is -2.17. The van der Waals surface area contributed by atoms with Crippen LogP contribution < -0.4 is 5.32 Å². The van der Waals surface area contributed by atoms with Gasteiger partial charge in [-0.3, -0.25) is 14.9 Å². The molecule has 1 amide bonds. The lowest BCUT2D eigenvalue weighted by atomic mass is 9.97. The van der Waals surface area contributed by atoms with Gasteiger partial charge in [-0.25, -0.2) is 4.39 Å². The quantitative estimate of drug-likeness (QED) is 0.504. The second-order valence-corrected chi connectivity index (χ2v) is 4.45. The summed E-state index contributed by atoms with van der Waals surface area (Å²) in [5, 5.41) is 13.5. The molecular weight excluding hydrogens is 275 g/mol. The lowest BCUT2D eigenvalue weighted by molar-refractivity contribution is -0.385. The van der Waals surface area contributed by atoms with Crippen LogP contribution in [0.4, 0.5) is 10.1 Å². The molecule has 2 rings (SSSR count). The molecule has 21 heavy (non-hydrogen) atoms. The summed E-state index contributed by atoms with van der Waals surface area (Å²) >= 11 is 0. The Balaban J connectivity index is 2.36. The minimum absolute atomic E-state index is 0.0495. The predicted molar refractivity (Wildman–Crippen MR) is 75.1 cm³/mol. The van der Waals surface area contributed by atoms with Crippen molar-refractivity contribution in [3.05, 3.63) is 75.6 Å². The van der Waals surface area contributed by atoms with Gasteiger partial charge in [-0.05, 0) is 6.07 Å². The number of hydrogen-bond acceptors (Lipinski definition) is 3. The lowest BCUT2D eigenvalue weighted by Crippen LogP contribution is -2.23. The van der Waals surface area contributed by atoms with Crippen molar-refractivity contribution >= 4 is 12.1 Å².